The Labute approximate surface area is 241 Å². The van der Waals surface area contributed by atoms with Crippen LogP contribution in [-0.2, 0) is 16.1 Å². The summed E-state index contributed by atoms with van der Waals surface area (Å²) in [5.41, 5.74) is 3.81. The number of likely N-dealkylation sites (N-methyl/N-ethyl adjacent to an activating group) is 1. The fourth-order valence-electron chi connectivity index (χ4n) is 5.43. The number of amides is 2. The minimum atomic E-state index is -3.06. The molecule has 0 unspecified atom stereocenters. The van der Waals surface area contributed by atoms with E-state index in [1.807, 2.05) is 32.0 Å². The van der Waals surface area contributed by atoms with Crippen molar-refractivity contribution in [1.82, 2.24) is 9.88 Å². The van der Waals surface area contributed by atoms with Crippen molar-refractivity contribution in [2.45, 2.75) is 51.8 Å². The number of halogens is 2. The molecule has 4 aromatic rings. The first-order valence-corrected chi connectivity index (χ1v) is 13.7. The summed E-state index contributed by atoms with van der Waals surface area (Å²) >= 11 is 0. The molecule has 0 radical (unpaired) electrons. The van der Waals surface area contributed by atoms with E-state index in [-0.39, 0.29) is 42.0 Å². The van der Waals surface area contributed by atoms with Crippen LogP contribution in [0.1, 0.15) is 54.0 Å². The highest BCUT2D eigenvalue weighted by molar-refractivity contribution is 5.91. The number of aromatic amines is 1. The molecule has 3 heterocycles. The van der Waals surface area contributed by atoms with E-state index in [0.29, 0.717) is 34.3 Å². The Bertz CT molecular complexity index is 1700. The van der Waals surface area contributed by atoms with E-state index in [9.17, 15) is 23.2 Å². The Kier molecular flexibility index (Phi) is 8.24. The van der Waals surface area contributed by atoms with Crippen molar-refractivity contribution >= 4 is 34.0 Å². The second kappa shape index (κ2) is 12.0. The van der Waals surface area contributed by atoms with Gasteiger partial charge in [0.15, 0.2) is 0 Å². The maximum Gasteiger partial charge on any atom is 0.387 e. The predicted molar refractivity (Wildman–Crippen MR) is 158 cm³/mol. The van der Waals surface area contributed by atoms with E-state index in [1.54, 1.807) is 43.6 Å². The lowest BCUT2D eigenvalue weighted by molar-refractivity contribution is -0.131. The minimum Gasteiger partial charge on any atom is -0.434 e. The van der Waals surface area contributed by atoms with E-state index < -0.39 is 12.7 Å². The van der Waals surface area contributed by atoms with Gasteiger partial charge in [0.05, 0.1) is 0 Å². The SMILES string of the molecule is Cc1cc2ccc1[C@@H](C)CCC(=O)Nc1ccc(OC(F)F)c(c1)CN(C)C(=O)[C@@H]2Nc1ccc2cc[nH]c(=O)c2c1. The summed E-state index contributed by atoms with van der Waals surface area (Å²) in [6, 6.07) is 16.5. The number of ether oxygens (including phenoxy) is 1. The van der Waals surface area contributed by atoms with Gasteiger partial charge in [-0.05, 0) is 77.7 Å². The standard InChI is InChI=1S/C32H32F2N4O4/c1-18-4-11-28(39)36-23-8-10-27(42-32(33)34)22(15-23)17-38(3)31(41)29(21-6-9-25(18)19(2)14-21)37-24-7-5-20-12-13-35-30(40)26(20)16-24/h5-10,12-16,18,29,32,37H,4,11,17H2,1-3H3,(H,35,40)(H,36,39)/t18-,29+/m0/s1. The van der Waals surface area contributed by atoms with Crippen LogP contribution in [0.15, 0.2) is 71.7 Å². The number of hydrogen-bond donors (Lipinski definition) is 3. The molecule has 218 valence electrons. The van der Waals surface area contributed by atoms with Crippen molar-refractivity contribution in [1.29, 1.82) is 0 Å². The van der Waals surface area contributed by atoms with Crippen molar-refractivity contribution in [2.75, 3.05) is 17.7 Å². The van der Waals surface area contributed by atoms with Gasteiger partial charge in [0.25, 0.3) is 5.56 Å². The molecule has 0 saturated carbocycles. The van der Waals surface area contributed by atoms with Crippen molar-refractivity contribution in [3.05, 3.63) is 99.5 Å². The molecular weight excluding hydrogens is 542 g/mol. The predicted octanol–water partition coefficient (Wildman–Crippen LogP) is 6.09. The lowest BCUT2D eigenvalue weighted by Gasteiger charge is -2.28. The Hall–Kier alpha value is -4.73. The highest BCUT2D eigenvalue weighted by Gasteiger charge is 2.27. The Balaban J connectivity index is 1.58. The van der Waals surface area contributed by atoms with Gasteiger partial charge >= 0.3 is 6.61 Å². The second-order valence-corrected chi connectivity index (χ2v) is 10.7. The number of carbonyl (C=O) groups is 2. The second-order valence-electron chi connectivity index (χ2n) is 10.7. The molecule has 42 heavy (non-hydrogen) atoms. The first-order chi connectivity index (χ1) is 20.1. The summed E-state index contributed by atoms with van der Waals surface area (Å²) in [6.07, 6.45) is 2.45. The van der Waals surface area contributed by atoms with Crippen LogP contribution in [0.2, 0.25) is 0 Å². The molecular formula is C32H32F2N4O4. The number of carbonyl (C=O) groups excluding carboxylic acids is 2. The highest BCUT2D eigenvalue weighted by atomic mass is 19.3. The normalized spacial score (nSPS) is 17.9. The van der Waals surface area contributed by atoms with Crippen LogP contribution in [0.3, 0.4) is 0 Å². The molecule has 2 atom stereocenters. The van der Waals surface area contributed by atoms with Gasteiger partial charge in [0, 0.05) is 48.5 Å². The third-order valence-corrected chi connectivity index (χ3v) is 7.64. The molecule has 1 aromatic heterocycles. The molecule has 3 N–H and O–H groups in total. The molecule has 2 aliphatic rings. The number of aryl methyl sites for hydroxylation is 1. The van der Waals surface area contributed by atoms with E-state index in [0.717, 1.165) is 16.5 Å². The zero-order valence-electron chi connectivity index (χ0n) is 23.5. The van der Waals surface area contributed by atoms with Gasteiger partial charge in [-0.15, -0.1) is 0 Å². The first-order valence-electron chi connectivity index (χ1n) is 13.7. The lowest BCUT2D eigenvalue weighted by atomic mass is 9.89. The molecule has 0 aliphatic carbocycles. The van der Waals surface area contributed by atoms with E-state index in [4.69, 9.17) is 4.74 Å². The fraction of sp³-hybridized carbons (Fsp3) is 0.281. The average Bonchev–Trinajstić information content (AvgIpc) is 2.95. The smallest absolute Gasteiger partial charge is 0.387 e. The molecule has 8 nitrogen and oxygen atoms in total. The molecule has 3 aromatic carbocycles. The monoisotopic (exact) mass is 574 g/mol. The Morgan fingerprint density at radius 2 is 1.83 bits per heavy atom. The third kappa shape index (κ3) is 6.27. The van der Waals surface area contributed by atoms with Gasteiger partial charge in [-0.3, -0.25) is 14.4 Å². The molecule has 0 saturated heterocycles. The molecule has 0 spiro atoms. The maximum atomic E-state index is 14.1. The summed E-state index contributed by atoms with van der Waals surface area (Å²) in [5.74, 6) is -0.538. The number of nitrogens with zero attached hydrogens (tertiary/aromatic N) is 1. The summed E-state index contributed by atoms with van der Waals surface area (Å²) in [5, 5.41) is 7.38. The quantitative estimate of drug-likeness (QED) is 0.274. The lowest BCUT2D eigenvalue weighted by Crippen LogP contribution is -2.35. The Morgan fingerprint density at radius 1 is 1.02 bits per heavy atom. The largest absolute Gasteiger partial charge is 0.434 e. The topological polar surface area (TPSA) is 104 Å². The van der Waals surface area contributed by atoms with Crippen LogP contribution in [0.4, 0.5) is 20.2 Å². The summed E-state index contributed by atoms with van der Waals surface area (Å²) in [6.45, 7) is 0.900. The van der Waals surface area contributed by atoms with E-state index >= 15 is 0 Å². The van der Waals surface area contributed by atoms with Crippen LogP contribution in [-0.4, -0.2) is 35.4 Å². The van der Waals surface area contributed by atoms with E-state index in [2.05, 4.69) is 15.6 Å². The number of anilines is 2. The summed E-state index contributed by atoms with van der Waals surface area (Å²) < 4.78 is 31.2. The molecule has 2 amide bonds. The number of alkyl halides is 2. The molecule has 10 heteroatoms. The summed E-state index contributed by atoms with van der Waals surface area (Å²) in [7, 11) is 1.58. The minimum absolute atomic E-state index is 0.0612. The highest BCUT2D eigenvalue weighted by Crippen LogP contribution is 2.32. The van der Waals surface area contributed by atoms with Gasteiger partial charge in [0.1, 0.15) is 11.8 Å². The number of fused-ring (bicyclic) bond motifs is 10. The van der Waals surface area contributed by atoms with Crippen LogP contribution >= 0.6 is 0 Å². The Morgan fingerprint density at radius 3 is 2.60 bits per heavy atom. The number of aromatic nitrogens is 1. The maximum absolute atomic E-state index is 14.1. The zero-order chi connectivity index (χ0) is 30.0. The number of H-pyrrole nitrogens is 1. The number of hydrogen-bond acceptors (Lipinski definition) is 5. The number of rotatable bonds is 4. The van der Waals surface area contributed by atoms with Crippen molar-refractivity contribution in [3.8, 4) is 5.75 Å². The molecule has 0 fully saturated rings. The zero-order valence-corrected chi connectivity index (χ0v) is 23.5. The number of benzene rings is 3. The van der Waals surface area contributed by atoms with Gasteiger partial charge in [-0.2, -0.15) is 8.78 Å². The molecule has 2 aliphatic heterocycles. The average molecular weight is 575 g/mol. The number of pyridine rings is 1. The molecule has 6 rings (SSSR count). The fourth-order valence-corrected chi connectivity index (χ4v) is 5.43. The van der Waals surface area contributed by atoms with Crippen LogP contribution in [0.25, 0.3) is 10.8 Å². The van der Waals surface area contributed by atoms with Crippen LogP contribution in [0.5, 0.6) is 5.75 Å². The molecule has 4 bridgehead atoms. The van der Waals surface area contributed by atoms with Gasteiger partial charge < -0.3 is 25.3 Å². The van der Waals surface area contributed by atoms with Crippen LogP contribution in [0, 0.1) is 6.92 Å². The summed E-state index contributed by atoms with van der Waals surface area (Å²) in [4.78, 5) is 43.3. The van der Waals surface area contributed by atoms with E-state index in [1.165, 1.54) is 17.0 Å². The van der Waals surface area contributed by atoms with Gasteiger partial charge in [0.2, 0.25) is 11.8 Å². The van der Waals surface area contributed by atoms with Crippen LogP contribution < -0.4 is 20.9 Å². The number of nitrogens with one attached hydrogen (secondary N) is 3. The first kappa shape index (κ1) is 28.8. The third-order valence-electron chi connectivity index (χ3n) is 7.64. The van der Waals surface area contributed by atoms with Crippen molar-refractivity contribution < 1.29 is 23.1 Å². The van der Waals surface area contributed by atoms with Gasteiger partial charge in [-0.1, -0.05) is 31.2 Å². The van der Waals surface area contributed by atoms with Gasteiger partial charge in [-0.25, -0.2) is 0 Å². The van der Waals surface area contributed by atoms with Crippen molar-refractivity contribution in [3.63, 3.8) is 0 Å². The van der Waals surface area contributed by atoms with Crippen molar-refractivity contribution in [2.24, 2.45) is 0 Å².